The van der Waals surface area contributed by atoms with Crippen molar-refractivity contribution in [2.75, 3.05) is 6.26 Å². The van der Waals surface area contributed by atoms with Gasteiger partial charge in [0.2, 0.25) is 5.91 Å². The Kier molecular flexibility index (Phi) is 5.91. The summed E-state index contributed by atoms with van der Waals surface area (Å²) in [5.41, 5.74) is 4.16. The number of carbonyl (C=O) groups excluding carboxylic acids is 2. The lowest BCUT2D eigenvalue weighted by Crippen LogP contribution is -2.43. The molecule has 0 aliphatic rings. The van der Waals surface area contributed by atoms with Crippen LogP contribution in [0.4, 0.5) is 0 Å². The van der Waals surface area contributed by atoms with Gasteiger partial charge in [0.15, 0.2) is 0 Å². The third-order valence-electron chi connectivity index (χ3n) is 2.31. The number of carboxylic acids is 1. The number of nitrogens with zero attached hydrogens (tertiary/aromatic N) is 1. The Morgan fingerprint density at radius 3 is 2.71 bits per heavy atom. The van der Waals surface area contributed by atoms with Crippen molar-refractivity contribution in [1.82, 2.24) is 15.3 Å². The van der Waals surface area contributed by atoms with Gasteiger partial charge in [0.05, 0.1) is 12.2 Å². The fraction of sp³-hybridized carbons (Fsp3) is 0.364. The molecule has 1 aromatic rings. The van der Waals surface area contributed by atoms with Crippen LogP contribution < -0.4 is 16.6 Å². The van der Waals surface area contributed by atoms with Gasteiger partial charge in [-0.3, -0.25) is 14.4 Å². The Balaban J connectivity index is 2.94. The zero-order valence-electron chi connectivity index (χ0n) is 11.1. The lowest BCUT2D eigenvalue weighted by molar-refractivity contribution is -0.140. The van der Waals surface area contributed by atoms with Crippen LogP contribution in [-0.2, 0) is 15.3 Å². The van der Waals surface area contributed by atoms with E-state index in [9.17, 15) is 19.2 Å². The highest BCUT2D eigenvalue weighted by molar-refractivity contribution is 7.97. The van der Waals surface area contributed by atoms with E-state index in [1.807, 2.05) is 0 Å². The quantitative estimate of drug-likeness (QED) is 0.487. The molecule has 9 nitrogen and oxygen atoms in total. The van der Waals surface area contributed by atoms with Gasteiger partial charge in [-0.15, -0.1) is 0 Å². The number of nitrogens with one attached hydrogen (secondary N) is 2. The first-order valence-electron chi connectivity index (χ1n) is 5.74. The lowest BCUT2D eigenvalue weighted by Gasteiger charge is -2.12. The predicted octanol–water partition coefficient (Wildman–Crippen LogP) is -1.31. The summed E-state index contributed by atoms with van der Waals surface area (Å²) in [4.78, 5) is 51.4. The van der Waals surface area contributed by atoms with Crippen molar-refractivity contribution in [2.24, 2.45) is 5.73 Å². The third kappa shape index (κ3) is 5.26. The summed E-state index contributed by atoms with van der Waals surface area (Å²) in [6.45, 7) is 0. The van der Waals surface area contributed by atoms with Crippen LogP contribution in [0.2, 0.25) is 0 Å². The first-order valence-corrected chi connectivity index (χ1v) is 7.14. The summed E-state index contributed by atoms with van der Waals surface area (Å²) in [6, 6.07) is -0.525. The molecule has 0 aromatic carbocycles. The van der Waals surface area contributed by atoms with E-state index in [0.717, 1.165) is 6.07 Å². The zero-order valence-corrected chi connectivity index (χ0v) is 11.9. The second-order valence-electron chi connectivity index (χ2n) is 4.05. The number of carboxylic acid groups (broad SMARTS) is 1. The number of rotatable bonds is 7. The fourth-order valence-electron chi connectivity index (χ4n) is 1.46. The smallest absolute Gasteiger partial charge is 0.326 e. The minimum Gasteiger partial charge on any atom is -0.480 e. The van der Waals surface area contributed by atoms with Crippen molar-refractivity contribution in [2.45, 2.75) is 18.2 Å². The van der Waals surface area contributed by atoms with E-state index in [-0.39, 0.29) is 5.69 Å². The molecule has 114 valence electrons. The molecule has 0 spiro atoms. The van der Waals surface area contributed by atoms with Gasteiger partial charge in [-0.2, -0.15) is 11.8 Å². The van der Waals surface area contributed by atoms with Gasteiger partial charge >= 0.3 is 5.97 Å². The van der Waals surface area contributed by atoms with Crippen molar-refractivity contribution in [3.63, 3.8) is 0 Å². The number of thioether (sulfide) groups is 1. The van der Waals surface area contributed by atoms with Gasteiger partial charge in [0.25, 0.3) is 11.5 Å². The number of carbonyl (C=O) groups is 3. The summed E-state index contributed by atoms with van der Waals surface area (Å²) >= 11 is 1.39. The first-order chi connectivity index (χ1) is 9.83. The van der Waals surface area contributed by atoms with Crippen molar-refractivity contribution in [3.05, 3.63) is 27.9 Å². The highest BCUT2D eigenvalue weighted by atomic mass is 32.2. The van der Waals surface area contributed by atoms with Crippen LogP contribution in [0.15, 0.2) is 10.9 Å². The van der Waals surface area contributed by atoms with Crippen molar-refractivity contribution >= 4 is 29.5 Å². The molecule has 2 amide bonds. The SMILES string of the molecule is CSCc1nc(C(=O)NC(CC(N)=O)C(=O)O)cc(=O)[nH]1. The van der Waals surface area contributed by atoms with E-state index in [1.165, 1.54) is 11.8 Å². The van der Waals surface area contributed by atoms with Gasteiger partial charge in [-0.25, -0.2) is 9.78 Å². The monoisotopic (exact) mass is 314 g/mol. The molecule has 5 N–H and O–H groups in total. The number of H-pyrrole nitrogens is 1. The maximum absolute atomic E-state index is 11.9. The minimum atomic E-state index is -1.47. The van der Waals surface area contributed by atoms with Crippen LogP contribution in [0.5, 0.6) is 0 Å². The molecule has 0 fully saturated rings. The number of primary amides is 1. The maximum Gasteiger partial charge on any atom is 0.326 e. The van der Waals surface area contributed by atoms with Crippen LogP contribution in [-0.4, -0.2) is 45.2 Å². The Morgan fingerprint density at radius 1 is 1.52 bits per heavy atom. The molecule has 0 saturated carbocycles. The van der Waals surface area contributed by atoms with Crippen molar-refractivity contribution < 1.29 is 19.5 Å². The molecular formula is C11H14N4O5S. The highest BCUT2D eigenvalue weighted by Gasteiger charge is 2.23. The molecule has 1 aromatic heterocycles. The maximum atomic E-state index is 11.9. The molecule has 1 atom stereocenters. The number of hydrogen-bond acceptors (Lipinski definition) is 6. The molecule has 0 aliphatic carbocycles. The summed E-state index contributed by atoms with van der Waals surface area (Å²) in [5.74, 6) is -2.46. The molecule has 10 heteroatoms. The van der Waals surface area contributed by atoms with E-state index in [1.54, 1.807) is 6.26 Å². The van der Waals surface area contributed by atoms with Gasteiger partial charge in [-0.1, -0.05) is 0 Å². The lowest BCUT2D eigenvalue weighted by atomic mass is 10.2. The summed E-state index contributed by atoms with van der Waals surface area (Å²) in [5, 5.41) is 11.0. The second kappa shape index (κ2) is 7.43. The fourth-order valence-corrected chi connectivity index (χ4v) is 1.87. The Morgan fingerprint density at radius 2 is 2.19 bits per heavy atom. The van der Waals surface area contributed by atoms with Gasteiger partial charge in [0, 0.05) is 6.07 Å². The number of hydrogen-bond donors (Lipinski definition) is 4. The molecule has 1 rings (SSSR count). The summed E-state index contributed by atoms with van der Waals surface area (Å²) in [6.07, 6.45) is 1.24. The normalized spacial score (nSPS) is 11.7. The molecule has 21 heavy (non-hydrogen) atoms. The number of aromatic nitrogens is 2. The molecule has 1 unspecified atom stereocenters. The molecule has 0 radical (unpaired) electrons. The van der Waals surface area contributed by atoms with Crippen molar-refractivity contribution in [3.8, 4) is 0 Å². The number of aliphatic carboxylic acids is 1. The topological polar surface area (TPSA) is 155 Å². The van der Waals surface area contributed by atoms with E-state index < -0.39 is 35.8 Å². The number of amides is 2. The summed E-state index contributed by atoms with van der Waals surface area (Å²) in [7, 11) is 0. The average Bonchev–Trinajstić information content (AvgIpc) is 2.36. The highest BCUT2D eigenvalue weighted by Crippen LogP contribution is 2.03. The number of aromatic amines is 1. The minimum absolute atomic E-state index is 0.224. The summed E-state index contributed by atoms with van der Waals surface area (Å²) < 4.78 is 0. The van der Waals surface area contributed by atoms with E-state index in [0.29, 0.717) is 11.6 Å². The largest absolute Gasteiger partial charge is 0.480 e. The van der Waals surface area contributed by atoms with Gasteiger partial charge in [-0.05, 0) is 6.26 Å². The molecule has 0 saturated heterocycles. The second-order valence-corrected chi connectivity index (χ2v) is 4.91. The predicted molar refractivity (Wildman–Crippen MR) is 74.8 cm³/mol. The van der Waals surface area contributed by atoms with Gasteiger partial charge in [0.1, 0.15) is 17.6 Å². The van der Waals surface area contributed by atoms with Crippen LogP contribution in [0, 0.1) is 0 Å². The molecule has 0 bridgehead atoms. The van der Waals surface area contributed by atoms with Crippen LogP contribution >= 0.6 is 11.8 Å². The van der Waals surface area contributed by atoms with Crippen LogP contribution in [0.3, 0.4) is 0 Å². The Hall–Kier alpha value is -2.36. The Labute approximate surface area is 123 Å². The zero-order chi connectivity index (χ0) is 16.0. The van der Waals surface area contributed by atoms with E-state index >= 15 is 0 Å². The third-order valence-corrected chi connectivity index (χ3v) is 2.88. The first kappa shape index (κ1) is 16.7. The van der Waals surface area contributed by atoms with Crippen molar-refractivity contribution in [1.29, 1.82) is 0 Å². The van der Waals surface area contributed by atoms with Gasteiger partial charge < -0.3 is 21.1 Å². The standard InChI is InChI=1S/C11H14N4O5S/c1-21-4-8-13-5(3-9(17)15-8)10(18)14-6(11(19)20)2-7(12)16/h3,6H,2,4H2,1H3,(H2,12,16)(H,14,18)(H,19,20)(H,13,15,17). The van der Waals surface area contributed by atoms with Crippen LogP contribution in [0.1, 0.15) is 22.7 Å². The Bertz CT molecular complexity index is 615. The van der Waals surface area contributed by atoms with E-state index in [4.69, 9.17) is 10.8 Å². The molecule has 0 aliphatic heterocycles. The van der Waals surface area contributed by atoms with E-state index in [2.05, 4.69) is 15.3 Å². The van der Waals surface area contributed by atoms with Crippen LogP contribution in [0.25, 0.3) is 0 Å². The molecular weight excluding hydrogens is 300 g/mol. The molecule has 1 heterocycles. The average molecular weight is 314 g/mol. The number of nitrogens with two attached hydrogens (primary N) is 1.